The summed E-state index contributed by atoms with van der Waals surface area (Å²) in [5, 5.41) is 27.1. The van der Waals surface area contributed by atoms with Crippen molar-refractivity contribution in [2.45, 2.75) is 26.4 Å². The molecular formula is C16H21ClN8O. The molecule has 0 fully saturated rings. The van der Waals surface area contributed by atoms with Crippen LogP contribution in [-0.2, 0) is 6.54 Å². The number of hydrogen-bond donors (Lipinski definition) is 5. The van der Waals surface area contributed by atoms with Gasteiger partial charge >= 0.3 is 0 Å². The van der Waals surface area contributed by atoms with Crippen molar-refractivity contribution in [3.05, 3.63) is 28.8 Å². The van der Waals surface area contributed by atoms with Gasteiger partial charge in [-0.1, -0.05) is 31.5 Å². The van der Waals surface area contributed by atoms with Crippen molar-refractivity contribution < 1.29 is 5.11 Å². The summed E-state index contributed by atoms with van der Waals surface area (Å²) >= 11 is 5.95. The number of rotatable bonds is 7. The van der Waals surface area contributed by atoms with Gasteiger partial charge in [-0.05, 0) is 23.6 Å². The quantitative estimate of drug-likeness (QED) is 0.395. The van der Waals surface area contributed by atoms with Gasteiger partial charge in [0.05, 0.1) is 23.4 Å². The average Bonchev–Trinajstić information content (AvgIpc) is 3.08. The van der Waals surface area contributed by atoms with Crippen molar-refractivity contribution in [3.63, 3.8) is 0 Å². The Morgan fingerprint density at radius 3 is 2.77 bits per heavy atom. The van der Waals surface area contributed by atoms with E-state index in [4.69, 9.17) is 17.3 Å². The number of nitrogens with zero attached hydrogens (tertiary/aromatic N) is 4. The fourth-order valence-corrected chi connectivity index (χ4v) is 2.53. The molecule has 3 aromatic rings. The number of halogens is 1. The maximum absolute atomic E-state index is 9.51. The lowest BCUT2D eigenvalue weighted by atomic mass is 10.1. The molecule has 0 aliphatic heterocycles. The van der Waals surface area contributed by atoms with Crippen LogP contribution in [0.1, 0.15) is 19.4 Å². The predicted molar refractivity (Wildman–Crippen MR) is 102 cm³/mol. The SMILES string of the molecule is CC(C)C(CO)Nc1nc(NCc2ccc(Cl)c(N)c2)c2n[nH]nc2n1. The molecule has 10 heteroatoms. The van der Waals surface area contributed by atoms with Crippen molar-refractivity contribution in [1.82, 2.24) is 25.4 Å². The van der Waals surface area contributed by atoms with Gasteiger partial charge in [0.2, 0.25) is 11.6 Å². The van der Waals surface area contributed by atoms with E-state index in [1.54, 1.807) is 12.1 Å². The summed E-state index contributed by atoms with van der Waals surface area (Å²) in [6.45, 7) is 4.47. The second kappa shape index (κ2) is 7.71. The Morgan fingerprint density at radius 1 is 1.27 bits per heavy atom. The van der Waals surface area contributed by atoms with Gasteiger partial charge in [-0.15, -0.1) is 5.10 Å². The molecule has 0 saturated heterocycles. The highest BCUT2D eigenvalue weighted by Gasteiger charge is 2.16. The fourth-order valence-electron chi connectivity index (χ4n) is 2.41. The van der Waals surface area contributed by atoms with Crippen LogP contribution in [0.2, 0.25) is 5.02 Å². The number of H-pyrrole nitrogens is 1. The molecule has 1 aromatic carbocycles. The van der Waals surface area contributed by atoms with Gasteiger partial charge < -0.3 is 21.5 Å². The molecule has 2 aromatic heterocycles. The van der Waals surface area contributed by atoms with Gasteiger partial charge in [0.1, 0.15) is 0 Å². The molecule has 0 amide bonds. The van der Waals surface area contributed by atoms with Crippen LogP contribution in [0, 0.1) is 5.92 Å². The van der Waals surface area contributed by atoms with Crippen LogP contribution in [0.3, 0.4) is 0 Å². The Kier molecular flexibility index (Phi) is 5.38. The summed E-state index contributed by atoms with van der Waals surface area (Å²) in [5.41, 5.74) is 8.27. The molecule has 2 heterocycles. The third kappa shape index (κ3) is 3.94. The first kappa shape index (κ1) is 18.2. The van der Waals surface area contributed by atoms with Gasteiger partial charge in [-0.2, -0.15) is 20.3 Å². The number of aromatic amines is 1. The first-order chi connectivity index (χ1) is 12.5. The smallest absolute Gasteiger partial charge is 0.227 e. The zero-order chi connectivity index (χ0) is 18.7. The van der Waals surface area contributed by atoms with Gasteiger partial charge in [-0.25, -0.2) is 0 Å². The van der Waals surface area contributed by atoms with Crippen LogP contribution in [0.5, 0.6) is 0 Å². The molecule has 138 valence electrons. The van der Waals surface area contributed by atoms with E-state index in [0.717, 1.165) is 5.56 Å². The topological polar surface area (TPSA) is 138 Å². The van der Waals surface area contributed by atoms with Crippen LogP contribution in [0.4, 0.5) is 17.5 Å². The van der Waals surface area contributed by atoms with Crippen LogP contribution < -0.4 is 16.4 Å². The minimum atomic E-state index is -0.164. The molecule has 26 heavy (non-hydrogen) atoms. The van der Waals surface area contributed by atoms with Gasteiger partial charge in [0.15, 0.2) is 11.3 Å². The third-order valence-corrected chi connectivity index (χ3v) is 4.36. The monoisotopic (exact) mass is 376 g/mol. The molecule has 0 radical (unpaired) electrons. The molecule has 0 aliphatic rings. The van der Waals surface area contributed by atoms with Gasteiger partial charge in [0.25, 0.3) is 0 Å². The highest BCUT2D eigenvalue weighted by Crippen LogP contribution is 2.22. The zero-order valence-electron chi connectivity index (χ0n) is 14.5. The normalized spacial score (nSPS) is 12.5. The van der Waals surface area contributed by atoms with E-state index in [2.05, 4.69) is 36.0 Å². The highest BCUT2D eigenvalue weighted by molar-refractivity contribution is 6.33. The van der Waals surface area contributed by atoms with Crippen molar-refractivity contribution in [2.24, 2.45) is 5.92 Å². The first-order valence-electron chi connectivity index (χ1n) is 8.21. The molecule has 0 saturated carbocycles. The molecule has 0 spiro atoms. The summed E-state index contributed by atoms with van der Waals surface area (Å²) in [6.07, 6.45) is 0. The number of fused-ring (bicyclic) bond motifs is 1. The van der Waals surface area contributed by atoms with Gasteiger partial charge in [0, 0.05) is 6.54 Å². The van der Waals surface area contributed by atoms with E-state index in [1.165, 1.54) is 0 Å². The van der Waals surface area contributed by atoms with Crippen molar-refractivity contribution >= 4 is 40.2 Å². The van der Waals surface area contributed by atoms with Crippen molar-refractivity contribution in [3.8, 4) is 0 Å². The number of aliphatic hydroxyl groups excluding tert-OH is 1. The second-order valence-corrected chi connectivity index (χ2v) is 6.69. The number of aliphatic hydroxyl groups is 1. The van der Waals surface area contributed by atoms with Crippen LogP contribution in [0.25, 0.3) is 11.2 Å². The Labute approximate surface area is 155 Å². The highest BCUT2D eigenvalue weighted by atomic mass is 35.5. The van der Waals surface area contributed by atoms with E-state index in [-0.39, 0.29) is 18.6 Å². The molecule has 6 N–H and O–H groups in total. The lowest BCUT2D eigenvalue weighted by Crippen LogP contribution is -2.30. The van der Waals surface area contributed by atoms with E-state index in [1.807, 2.05) is 19.9 Å². The summed E-state index contributed by atoms with van der Waals surface area (Å²) < 4.78 is 0. The molecule has 1 atom stereocenters. The molecule has 9 nitrogen and oxygen atoms in total. The molecule has 0 bridgehead atoms. The summed E-state index contributed by atoms with van der Waals surface area (Å²) in [4.78, 5) is 8.81. The number of benzene rings is 1. The van der Waals surface area contributed by atoms with E-state index < -0.39 is 0 Å². The number of nitrogen functional groups attached to an aromatic ring is 1. The minimum absolute atomic E-state index is 0.0231. The molecule has 0 aliphatic carbocycles. The summed E-state index contributed by atoms with van der Waals surface area (Å²) in [5.74, 6) is 1.11. The molecular weight excluding hydrogens is 356 g/mol. The maximum Gasteiger partial charge on any atom is 0.227 e. The average molecular weight is 377 g/mol. The Hall–Kier alpha value is -2.65. The van der Waals surface area contributed by atoms with Crippen molar-refractivity contribution in [1.29, 1.82) is 0 Å². The van der Waals surface area contributed by atoms with Gasteiger partial charge in [-0.3, -0.25) is 0 Å². The number of nitrogens with one attached hydrogen (secondary N) is 3. The van der Waals surface area contributed by atoms with Crippen LogP contribution in [0.15, 0.2) is 18.2 Å². The van der Waals surface area contributed by atoms with Crippen molar-refractivity contribution in [2.75, 3.05) is 23.0 Å². The summed E-state index contributed by atoms with van der Waals surface area (Å²) in [7, 11) is 0. The van der Waals surface area contributed by atoms with Crippen LogP contribution >= 0.6 is 11.6 Å². The fraction of sp³-hybridized carbons (Fsp3) is 0.375. The zero-order valence-corrected chi connectivity index (χ0v) is 15.2. The Balaban J connectivity index is 1.84. The summed E-state index contributed by atoms with van der Waals surface area (Å²) in [6, 6.07) is 5.27. The van der Waals surface area contributed by atoms with E-state index >= 15 is 0 Å². The lowest BCUT2D eigenvalue weighted by Gasteiger charge is -2.20. The minimum Gasteiger partial charge on any atom is -0.398 e. The Morgan fingerprint density at radius 2 is 2.08 bits per heavy atom. The largest absolute Gasteiger partial charge is 0.398 e. The predicted octanol–water partition coefficient (Wildman–Crippen LogP) is 2.02. The standard InChI is InChI=1S/C16H21ClN8O/c1-8(2)12(7-26)20-16-21-14(13-15(22-16)24-25-23-13)19-6-9-3-4-10(17)11(18)5-9/h3-5,8,12,26H,6-7,18H2,1-2H3,(H3,19,20,21,22,23,24,25). The van der Waals surface area contributed by atoms with E-state index in [9.17, 15) is 5.11 Å². The Bertz CT molecular complexity index is 897. The number of nitrogens with two attached hydrogens (primary N) is 1. The number of aromatic nitrogens is 5. The van der Waals surface area contributed by atoms with E-state index in [0.29, 0.717) is 40.2 Å². The molecule has 3 rings (SSSR count). The second-order valence-electron chi connectivity index (χ2n) is 6.28. The van der Waals surface area contributed by atoms with Crippen LogP contribution in [-0.4, -0.2) is 43.1 Å². The third-order valence-electron chi connectivity index (χ3n) is 4.02. The number of anilines is 3. The first-order valence-corrected chi connectivity index (χ1v) is 8.59. The lowest BCUT2D eigenvalue weighted by molar-refractivity contribution is 0.248. The molecule has 1 unspecified atom stereocenters. The number of hydrogen-bond acceptors (Lipinski definition) is 8. The maximum atomic E-state index is 9.51.